The van der Waals surface area contributed by atoms with Gasteiger partial charge in [0.1, 0.15) is 5.82 Å². The molecule has 0 atom stereocenters. The van der Waals surface area contributed by atoms with Crippen LogP contribution in [-0.2, 0) is 19.6 Å². The van der Waals surface area contributed by atoms with Crippen LogP contribution < -0.4 is 0 Å². The Morgan fingerprint density at radius 2 is 1.89 bits per heavy atom. The number of aromatic nitrogens is 2. The monoisotopic (exact) mass is 381 g/mol. The first-order valence-electron chi connectivity index (χ1n) is 9.21. The van der Waals surface area contributed by atoms with E-state index >= 15 is 0 Å². The van der Waals surface area contributed by atoms with Crippen molar-refractivity contribution in [3.63, 3.8) is 0 Å². The van der Waals surface area contributed by atoms with Crippen LogP contribution >= 0.6 is 11.6 Å². The second-order valence-electron chi connectivity index (χ2n) is 6.54. The van der Waals surface area contributed by atoms with Gasteiger partial charge in [0.15, 0.2) is 5.15 Å². The molecule has 4 nitrogen and oxygen atoms in total. The second kappa shape index (κ2) is 8.98. The Bertz CT molecular complexity index is 916. The van der Waals surface area contributed by atoms with E-state index in [0.29, 0.717) is 17.4 Å². The van der Waals surface area contributed by atoms with Crippen molar-refractivity contribution < 1.29 is 5.11 Å². The number of aryl methyl sites for hydroxylation is 1. The van der Waals surface area contributed by atoms with Crippen molar-refractivity contribution in [2.24, 2.45) is 0 Å². The third-order valence-electron chi connectivity index (χ3n) is 4.73. The van der Waals surface area contributed by atoms with Gasteiger partial charge in [0.05, 0.1) is 12.3 Å². The van der Waals surface area contributed by atoms with Crippen LogP contribution in [0.15, 0.2) is 48.5 Å². The molecule has 0 amide bonds. The van der Waals surface area contributed by atoms with E-state index < -0.39 is 0 Å². The lowest BCUT2D eigenvalue weighted by molar-refractivity contribution is 0.271. The van der Waals surface area contributed by atoms with Gasteiger partial charge in [0.2, 0.25) is 0 Å². The average Bonchev–Trinajstić information content (AvgIpc) is 3.01. The normalized spacial score (nSPS) is 10.9. The number of benzene rings is 2. The van der Waals surface area contributed by atoms with E-state index in [2.05, 4.69) is 36.2 Å². The number of aliphatic hydroxyl groups excluding tert-OH is 1. The molecule has 0 aliphatic carbocycles. The zero-order chi connectivity index (χ0) is 19.2. The molecule has 0 bridgehead atoms. The second-order valence-corrected chi connectivity index (χ2v) is 6.90. The van der Waals surface area contributed by atoms with Crippen LogP contribution in [-0.4, -0.2) is 20.9 Å². The van der Waals surface area contributed by atoms with Crippen molar-refractivity contribution in [3.05, 3.63) is 76.3 Å². The predicted molar refractivity (Wildman–Crippen MR) is 111 cm³/mol. The summed E-state index contributed by atoms with van der Waals surface area (Å²) in [7, 11) is 0. The van der Waals surface area contributed by atoms with Crippen LogP contribution in [0.25, 0.3) is 11.1 Å². The van der Waals surface area contributed by atoms with Gasteiger partial charge < -0.3 is 15.1 Å². The first-order chi connectivity index (χ1) is 13.2. The fraction of sp³-hybridized carbons (Fsp3) is 0.273. The summed E-state index contributed by atoms with van der Waals surface area (Å²) < 4.78 is 2.03. The van der Waals surface area contributed by atoms with Gasteiger partial charge in [-0.3, -0.25) is 0 Å². The number of unbranched alkanes of at least 4 members (excludes halogenated alkanes) is 1. The smallest absolute Gasteiger partial charge is 0.152 e. The maximum Gasteiger partial charge on any atom is 0.152 e. The Kier molecular flexibility index (Phi) is 6.43. The first-order valence-corrected chi connectivity index (χ1v) is 9.59. The van der Waals surface area contributed by atoms with E-state index in [1.165, 1.54) is 6.21 Å². The van der Waals surface area contributed by atoms with Gasteiger partial charge in [-0.2, -0.15) is 0 Å². The maximum atomic E-state index is 9.70. The SMILES string of the molecule is CCCCc1nc(Cl)c(CO)n1Cc1ccc(-c2ccccc2C=N)cc1. The zero-order valence-electron chi connectivity index (χ0n) is 15.5. The highest BCUT2D eigenvalue weighted by atomic mass is 35.5. The third-order valence-corrected chi connectivity index (χ3v) is 5.03. The number of halogens is 1. The molecular formula is C22H24ClN3O. The highest BCUT2D eigenvalue weighted by molar-refractivity contribution is 6.30. The molecule has 0 radical (unpaired) electrons. The van der Waals surface area contributed by atoms with Crippen molar-refractivity contribution in [1.29, 1.82) is 5.41 Å². The highest BCUT2D eigenvalue weighted by Crippen LogP contribution is 2.25. The molecule has 0 aliphatic rings. The lowest BCUT2D eigenvalue weighted by Crippen LogP contribution is -2.09. The van der Waals surface area contributed by atoms with Crippen LogP contribution in [0.5, 0.6) is 0 Å². The van der Waals surface area contributed by atoms with Crippen molar-refractivity contribution in [2.45, 2.75) is 39.3 Å². The number of imidazole rings is 1. The molecule has 0 unspecified atom stereocenters. The molecule has 5 heteroatoms. The number of nitrogens with zero attached hydrogens (tertiary/aromatic N) is 2. The summed E-state index contributed by atoms with van der Waals surface area (Å²) in [6, 6.07) is 16.2. The molecule has 2 aromatic carbocycles. The maximum absolute atomic E-state index is 9.70. The minimum atomic E-state index is -0.122. The van der Waals surface area contributed by atoms with Gasteiger partial charge in [-0.15, -0.1) is 0 Å². The standard InChI is InChI=1S/C22H24ClN3O/c1-2-3-8-21-25-22(23)20(15-27)26(21)14-16-9-11-17(12-10-16)19-7-5-4-6-18(19)13-24/h4-7,9-13,24,27H,2-3,8,14-15H2,1H3. The molecule has 1 heterocycles. The van der Waals surface area contributed by atoms with E-state index in [4.69, 9.17) is 17.0 Å². The number of aliphatic hydroxyl groups is 1. The number of rotatable bonds is 8. The minimum Gasteiger partial charge on any atom is -0.390 e. The van der Waals surface area contributed by atoms with Crippen LogP contribution in [0.3, 0.4) is 0 Å². The Balaban J connectivity index is 1.88. The lowest BCUT2D eigenvalue weighted by Gasteiger charge is -2.12. The van der Waals surface area contributed by atoms with Gasteiger partial charge >= 0.3 is 0 Å². The molecule has 2 N–H and O–H groups in total. The van der Waals surface area contributed by atoms with Crippen LogP contribution in [0.2, 0.25) is 5.15 Å². The minimum absolute atomic E-state index is 0.122. The molecule has 3 rings (SSSR count). The topological polar surface area (TPSA) is 61.9 Å². The fourth-order valence-electron chi connectivity index (χ4n) is 3.23. The highest BCUT2D eigenvalue weighted by Gasteiger charge is 2.15. The Morgan fingerprint density at radius 3 is 2.56 bits per heavy atom. The Hall–Kier alpha value is -2.43. The van der Waals surface area contributed by atoms with Gasteiger partial charge in [0.25, 0.3) is 0 Å². The molecular weight excluding hydrogens is 358 g/mol. The molecule has 1 aromatic heterocycles. The van der Waals surface area contributed by atoms with Crippen molar-refractivity contribution in [2.75, 3.05) is 0 Å². The van der Waals surface area contributed by atoms with E-state index in [1.54, 1.807) is 0 Å². The summed E-state index contributed by atoms with van der Waals surface area (Å²) in [6.45, 7) is 2.65. The zero-order valence-corrected chi connectivity index (χ0v) is 16.2. The summed E-state index contributed by atoms with van der Waals surface area (Å²) in [5.41, 5.74) is 4.81. The molecule has 0 fully saturated rings. The van der Waals surface area contributed by atoms with Crippen LogP contribution in [0, 0.1) is 5.41 Å². The molecule has 27 heavy (non-hydrogen) atoms. The van der Waals surface area contributed by atoms with Gasteiger partial charge in [-0.05, 0) is 28.7 Å². The molecule has 0 spiro atoms. The Morgan fingerprint density at radius 1 is 1.15 bits per heavy atom. The van der Waals surface area contributed by atoms with E-state index in [1.807, 2.05) is 28.8 Å². The number of nitrogens with one attached hydrogen (secondary N) is 1. The van der Waals surface area contributed by atoms with Crippen molar-refractivity contribution in [1.82, 2.24) is 9.55 Å². The third kappa shape index (κ3) is 4.29. The van der Waals surface area contributed by atoms with Crippen molar-refractivity contribution in [3.8, 4) is 11.1 Å². The molecule has 0 aliphatic heterocycles. The number of hydrogen-bond acceptors (Lipinski definition) is 3. The van der Waals surface area contributed by atoms with Gasteiger partial charge in [-0.1, -0.05) is 73.5 Å². The van der Waals surface area contributed by atoms with Gasteiger partial charge in [-0.25, -0.2) is 4.98 Å². The quantitative estimate of drug-likeness (QED) is 0.534. The molecule has 0 saturated carbocycles. The van der Waals surface area contributed by atoms with E-state index in [-0.39, 0.29) is 6.61 Å². The molecule has 0 saturated heterocycles. The van der Waals surface area contributed by atoms with Crippen LogP contribution in [0.4, 0.5) is 0 Å². The largest absolute Gasteiger partial charge is 0.390 e. The molecule has 3 aromatic rings. The fourth-order valence-corrected chi connectivity index (χ4v) is 3.49. The summed E-state index contributed by atoms with van der Waals surface area (Å²) in [5, 5.41) is 17.7. The Labute approximate surface area is 165 Å². The summed E-state index contributed by atoms with van der Waals surface area (Å²) in [5.74, 6) is 0.920. The first kappa shape index (κ1) is 19.3. The van der Waals surface area contributed by atoms with Crippen molar-refractivity contribution >= 4 is 17.8 Å². The van der Waals surface area contributed by atoms with Gasteiger partial charge in [0, 0.05) is 19.2 Å². The predicted octanol–water partition coefficient (Wildman–Crippen LogP) is 5.08. The van der Waals surface area contributed by atoms with E-state index in [9.17, 15) is 5.11 Å². The number of hydrogen-bond donors (Lipinski definition) is 2. The summed E-state index contributed by atoms with van der Waals surface area (Å²) in [6.07, 6.45) is 4.35. The lowest BCUT2D eigenvalue weighted by atomic mass is 9.99. The molecule has 140 valence electrons. The van der Waals surface area contributed by atoms with E-state index in [0.717, 1.165) is 47.3 Å². The summed E-state index contributed by atoms with van der Waals surface area (Å²) in [4.78, 5) is 4.45. The average molecular weight is 382 g/mol. The summed E-state index contributed by atoms with van der Waals surface area (Å²) >= 11 is 6.22. The van der Waals surface area contributed by atoms with Crippen LogP contribution in [0.1, 0.15) is 42.4 Å².